The Hall–Kier alpha value is -0.320. The third-order valence-electron chi connectivity index (χ3n) is 11.2. The number of aliphatic hydroxyl groups excluding tert-OH is 2. The van der Waals surface area contributed by atoms with Crippen LogP contribution in [0.1, 0.15) is 32.6 Å². The summed E-state index contributed by atoms with van der Waals surface area (Å²) in [5.41, 5.74) is -4.15. The van der Waals surface area contributed by atoms with Crippen molar-refractivity contribution in [2.24, 2.45) is 34.5 Å². The molecule has 0 aromatic carbocycles. The van der Waals surface area contributed by atoms with E-state index in [4.69, 9.17) is 14.2 Å². The summed E-state index contributed by atoms with van der Waals surface area (Å²) < 4.78 is 17.7. The van der Waals surface area contributed by atoms with Gasteiger partial charge in [0.25, 0.3) is 0 Å². The van der Waals surface area contributed by atoms with Crippen molar-refractivity contribution in [2.45, 2.75) is 74.3 Å². The van der Waals surface area contributed by atoms with Gasteiger partial charge in [-0.3, -0.25) is 4.90 Å². The van der Waals surface area contributed by atoms with Gasteiger partial charge in [-0.2, -0.15) is 0 Å². The van der Waals surface area contributed by atoms with E-state index in [1.54, 1.807) is 21.3 Å². The van der Waals surface area contributed by atoms with Gasteiger partial charge >= 0.3 is 0 Å². The van der Waals surface area contributed by atoms with Crippen LogP contribution in [0.25, 0.3) is 0 Å². The minimum Gasteiger partial charge on any atom is -0.392 e. The Morgan fingerprint density at radius 2 is 1.84 bits per heavy atom. The highest BCUT2D eigenvalue weighted by Crippen LogP contribution is 2.80. The molecular weight excluding hydrogens is 414 g/mol. The number of hydrogen-bond acceptors (Lipinski definition) is 8. The van der Waals surface area contributed by atoms with Crippen LogP contribution in [0.5, 0.6) is 0 Å². The Morgan fingerprint density at radius 3 is 2.47 bits per heavy atom. The highest BCUT2D eigenvalue weighted by Gasteiger charge is 2.91. The van der Waals surface area contributed by atoms with Gasteiger partial charge in [-0.05, 0) is 31.7 Å². The smallest absolute Gasteiger partial charge is 0.136 e. The lowest BCUT2D eigenvalue weighted by atomic mass is 9.42. The van der Waals surface area contributed by atoms with Crippen molar-refractivity contribution < 1.29 is 34.6 Å². The average Bonchev–Trinajstić information content (AvgIpc) is 3.14. The second-order valence-corrected chi connectivity index (χ2v) is 11.7. The van der Waals surface area contributed by atoms with E-state index < -0.39 is 46.9 Å². The Morgan fingerprint density at radius 1 is 1.09 bits per heavy atom. The predicted molar refractivity (Wildman–Crippen MR) is 114 cm³/mol. The molecule has 1 heterocycles. The topological polar surface area (TPSA) is 112 Å². The van der Waals surface area contributed by atoms with Gasteiger partial charge in [0.2, 0.25) is 0 Å². The summed E-state index contributed by atoms with van der Waals surface area (Å²) in [5.74, 6) is -0.889. The first-order valence-corrected chi connectivity index (χ1v) is 12.3. The van der Waals surface area contributed by atoms with Crippen LogP contribution in [-0.4, -0.2) is 108 Å². The van der Waals surface area contributed by atoms with Crippen molar-refractivity contribution in [3.05, 3.63) is 0 Å². The molecule has 1 aliphatic heterocycles. The maximum atomic E-state index is 12.8. The average molecular weight is 454 g/mol. The molecule has 182 valence electrons. The fraction of sp³-hybridized carbons (Fsp3) is 1.00. The molecule has 5 saturated carbocycles. The third-order valence-corrected chi connectivity index (χ3v) is 11.2. The zero-order chi connectivity index (χ0) is 22.8. The summed E-state index contributed by atoms with van der Waals surface area (Å²) in [6, 6.07) is -0.442. The molecule has 6 rings (SSSR count). The van der Waals surface area contributed by atoms with Gasteiger partial charge in [-0.15, -0.1) is 0 Å². The van der Waals surface area contributed by atoms with Gasteiger partial charge in [-0.1, -0.05) is 6.92 Å². The minimum atomic E-state index is -1.63. The first-order valence-electron chi connectivity index (χ1n) is 12.3. The molecule has 0 aromatic heterocycles. The van der Waals surface area contributed by atoms with Crippen LogP contribution in [0.2, 0.25) is 0 Å². The molecule has 13 atom stereocenters. The van der Waals surface area contributed by atoms with Gasteiger partial charge < -0.3 is 34.6 Å². The fourth-order valence-electron chi connectivity index (χ4n) is 10.7. The van der Waals surface area contributed by atoms with E-state index in [0.717, 1.165) is 13.0 Å². The van der Waals surface area contributed by atoms with Crippen molar-refractivity contribution in [2.75, 3.05) is 41.0 Å². The zero-order valence-corrected chi connectivity index (χ0v) is 19.6. The van der Waals surface area contributed by atoms with E-state index in [9.17, 15) is 20.4 Å². The lowest BCUT2D eigenvalue weighted by molar-refractivity contribution is -0.317. The van der Waals surface area contributed by atoms with Gasteiger partial charge in [0.05, 0.1) is 37.1 Å². The van der Waals surface area contributed by atoms with Gasteiger partial charge in [-0.25, -0.2) is 0 Å². The minimum absolute atomic E-state index is 0.102. The van der Waals surface area contributed by atoms with Gasteiger partial charge in [0, 0.05) is 62.9 Å². The monoisotopic (exact) mass is 453 g/mol. The SMILES string of the molecule is CCN1C[C@]2(COC)CC[C@H](O)[C@@]34[C@@H]5C[C@H]6[C@@H](O)[C@@H]5[C@](O)(C[C@@H]6OC)[C@@](O)([C@@H](OC)[C@H]23)[C@@H]14. The number of likely N-dealkylation sites (tertiary alicyclic amines) is 1. The number of piperidine rings is 1. The zero-order valence-electron chi connectivity index (χ0n) is 19.6. The molecule has 0 unspecified atom stereocenters. The molecule has 1 spiro atoms. The molecule has 6 fully saturated rings. The molecule has 0 radical (unpaired) electrons. The molecule has 6 aliphatic rings. The maximum absolute atomic E-state index is 12.8. The predicted octanol–water partition coefficient (Wildman–Crippen LogP) is -0.383. The standard InChI is InChI=1S/C24H39NO7/c1-5-25-10-21(11-30-2)7-6-15(26)23-13-8-12-14(31-3)9-22(28,16(13)17(12)27)24(29,20(23)25)19(32-4)18(21)23/h12-20,26-29H,5-11H2,1-4H3/t12-,13-,14+,15+,16-,17-,18-,19+,20+,21+,22-,23+,24-/m1/s1. The maximum Gasteiger partial charge on any atom is 0.136 e. The molecule has 8 heteroatoms. The van der Waals surface area contributed by atoms with Gasteiger partial charge in [0.1, 0.15) is 11.2 Å². The molecule has 0 amide bonds. The summed E-state index contributed by atoms with van der Waals surface area (Å²) >= 11 is 0. The Balaban J connectivity index is 1.67. The number of aliphatic hydroxyl groups is 4. The van der Waals surface area contributed by atoms with Crippen LogP contribution < -0.4 is 0 Å². The van der Waals surface area contributed by atoms with Crippen LogP contribution >= 0.6 is 0 Å². The highest BCUT2D eigenvalue weighted by atomic mass is 16.5. The number of hydrogen-bond donors (Lipinski definition) is 4. The largest absolute Gasteiger partial charge is 0.392 e. The van der Waals surface area contributed by atoms with Crippen LogP contribution in [0.3, 0.4) is 0 Å². The van der Waals surface area contributed by atoms with Crippen LogP contribution in [0, 0.1) is 34.5 Å². The third kappa shape index (κ3) is 1.99. The highest BCUT2D eigenvalue weighted by molar-refractivity contribution is 5.41. The van der Waals surface area contributed by atoms with E-state index in [2.05, 4.69) is 11.8 Å². The first kappa shape index (κ1) is 22.2. The summed E-state index contributed by atoms with van der Waals surface area (Å²) in [4.78, 5) is 2.28. The Kier molecular flexibility index (Phi) is 4.62. The molecule has 4 N–H and O–H groups in total. The molecule has 7 bridgehead atoms. The van der Waals surface area contributed by atoms with E-state index in [1.807, 2.05) is 0 Å². The van der Waals surface area contributed by atoms with E-state index >= 15 is 0 Å². The first-order chi connectivity index (χ1) is 15.2. The molecule has 8 nitrogen and oxygen atoms in total. The molecule has 32 heavy (non-hydrogen) atoms. The lowest BCUT2D eigenvalue weighted by Gasteiger charge is -2.69. The lowest BCUT2D eigenvalue weighted by Crippen LogP contribution is -2.81. The van der Waals surface area contributed by atoms with Crippen LogP contribution in [0.4, 0.5) is 0 Å². The van der Waals surface area contributed by atoms with Crippen molar-refractivity contribution in [1.29, 1.82) is 0 Å². The second kappa shape index (κ2) is 6.66. The normalized spacial score (nSPS) is 62.4. The number of methoxy groups -OCH3 is 3. The molecule has 1 saturated heterocycles. The molecular formula is C24H39NO7. The van der Waals surface area contributed by atoms with Crippen LogP contribution in [-0.2, 0) is 14.2 Å². The van der Waals surface area contributed by atoms with E-state index in [0.29, 0.717) is 26.0 Å². The van der Waals surface area contributed by atoms with Crippen LogP contribution in [0.15, 0.2) is 0 Å². The molecule has 0 aromatic rings. The number of nitrogens with zero attached hydrogens (tertiary/aromatic N) is 1. The Bertz CT molecular complexity index is 798. The van der Waals surface area contributed by atoms with E-state index in [1.165, 1.54) is 0 Å². The van der Waals surface area contributed by atoms with Crippen molar-refractivity contribution in [3.63, 3.8) is 0 Å². The summed E-state index contributed by atoms with van der Waals surface area (Å²) in [6.45, 7) is 4.05. The summed E-state index contributed by atoms with van der Waals surface area (Å²) in [6.07, 6.45) is -0.0296. The van der Waals surface area contributed by atoms with Crippen molar-refractivity contribution in [1.82, 2.24) is 4.90 Å². The molecule has 5 aliphatic carbocycles. The van der Waals surface area contributed by atoms with Gasteiger partial charge in [0.15, 0.2) is 0 Å². The van der Waals surface area contributed by atoms with E-state index in [-0.39, 0.29) is 35.7 Å². The number of fused-ring (bicyclic) bond motifs is 2. The number of likely N-dealkylation sites (N-methyl/N-ethyl adjacent to an activating group) is 1. The second-order valence-electron chi connectivity index (χ2n) is 11.7. The summed E-state index contributed by atoms with van der Waals surface area (Å²) in [7, 11) is 4.95. The number of ether oxygens (including phenoxy) is 3. The van der Waals surface area contributed by atoms with Crippen molar-refractivity contribution in [3.8, 4) is 0 Å². The Labute approximate surface area is 189 Å². The fourth-order valence-corrected chi connectivity index (χ4v) is 10.7. The quantitative estimate of drug-likeness (QED) is 0.446. The summed E-state index contributed by atoms with van der Waals surface area (Å²) in [5, 5.41) is 48.5. The van der Waals surface area contributed by atoms with Crippen molar-refractivity contribution >= 4 is 0 Å². The number of rotatable bonds is 5.